The highest BCUT2D eigenvalue weighted by atomic mass is 79.9. The quantitative estimate of drug-likeness (QED) is 0.818. The topological polar surface area (TPSA) is 64.3 Å². The molecule has 2 aromatic rings. The number of ether oxygens (including phenoxy) is 1. The molecule has 4 nitrogen and oxygen atoms in total. The number of nitrogen functional groups attached to an aromatic ring is 1. The first-order valence-electron chi connectivity index (χ1n) is 6.59. The van der Waals surface area contributed by atoms with Crippen molar-refractivity contribution in [1.82, 2.24) is 0 Å². The van der Waals surface area contributed by atoms with E-state index in [0.29, 0.717) is 22.7 Å². The van der Waals surface area contributed by atoms with E-state index in [0.717, 1.165) is 4.47 Å². The molecule has 0 spiro atoms. The molecule has 0 aromatic heterocycles. The number of amides is 1. The lowest BCUT2D eigenvalue weighted by molar-refractivity contribution is 0.102. The Balaban J connectivity index is 2.16. The molecule has 0 aliphatic heterocycles. The Labute approximate surface area is 132 Å². The van der Waals surface area contributed by atoms with Crippen LogP contribution in [0, 0.1) is 0 Å². The summed E-state index contributed by atoms with van der Waals surface area (Å²) in [6.07, 6.45) is 0.0644. The van der Waals surface area contributed by atoms with Crippen LogP contribution in [-0.2, 0) is 0 Å². The molecule has 2 rings (SSSR count). The summed E-state index contributed by atoms with van der Waals surface area (Å²) >= 11 is 3.38. The summed E-state index contributed by atoms with van der Waals surface area (Å²) in [7, 11) is 0. The van der Waals surface area contributed by atoms with Crippen LogP contribution in [0.3, 0.4) is 0 Å². The van der Waals surface area contributed by atoms with Crippen LogP contribution in [-0.4, -0.2) is 12.0 Å². The van der Waals surface area contributed by atoms with Crippen molar-refractivity contribution in [3.8, 4) is 5.75 Å². The predicted octanol–water partition coefficient (Wildman–Crippen LogP) is 4.07. The maximum Gasteiger partial charge on any atom is 0.255 e. The molecule has 3 N–H and O–H groups in total. The number of anilines is 2. The van der Waals surface area contributed by atoms with Gasteiger partial charge in [0.2, 0.25) is 0 Å². The molecule has 5 heteroatoms. The van der Waals surface area contributed by atoms with Crippen molar-refractivity contribution in [3.05, 3.63) is 52.5 Å². The molecule has 110 valence electrons. The largest absolute Gasteiger partial charge is 0.491 e. The van der Waals surface area contributed by atoms with Crippen LogP contribution in [0.25, 0.3) is 0 Å². The molecule has 0 unspecified atom stereocenters. The monoisotopic (exact) mass is 348 g/mol. The molecule has 0 aliphatic carbocycles. The fraction of sp³-hybridized carbons (Fsp3) is 0.188. The maximum absolute atomic E-state index is 12.3. The smallest absolute Gasteiger partial charge is 0.255 e. The van der Waals surface area contributed by atoms with Crippen molar-refractivity contribution in [2.45, 2.75) is 20.0 Å². The number of nitrogens with two attached hydrogens (primary N) is 1. The minimum absolute atomic E-state index is 0.0644. The third-order valence-electron chi connectivity index (χ3n) is 2.71. The lowest BCUT2D eigenvalue weighted by Gasteiger charge is -2.11. The van der Waals surface area contributed by atoms with Gasteiger partial charge < -0.3 is 15.8 Å². The zero-order valence-electron chi connectivity index (χ0n) is 11.9. The Bertz CT molecular complexity index is 656. The summed E-state index contributed by atoms with van der Waals surface area (Å²) in [4.78, 5) is 12.3. The maximum atomic E-state index is 12.3. The molecule has 0 atom stereocenters. The molecule has 0 aliphatic rings. The number of benzene rings is 2. The third-order valence-corrected chi connectivity index (χ3v) is 3.37. The second-order valence-corrected chi connectivity index (χ2v) is 5.74. The van der Waals surface area contributed by atoms with Crippen LogP contribution >= 0.6 is 15.9 Å². The van der Waals surface area contributed by atoms with Gasteiger partial charge in [-0.15, -0.1) is 0 Å². The number of rotatable bonds is 4. The number of halogens is 1. The van der Waals surface area contributed by atoms with E-state index in [1.807, 2.05) is 19.9 Å². The normalized spacial score (nSPS) is 10.5. The summed E-state index contributed by atoms with van der Waals surface area (Å²) < 4.78 is 6.33. The number of hydrogen-bond donors (Lipinski definition) is 2. The van der Waals surface area contributed by atoms with E-state index < -0.39 is 0 Å². The van der Waals surface area contributed by atoms with E-state index in [4.69, 9.17) is 10.5 Å². The van der Waals surface area contributed by atoms with Crippen molar-refractivity contribution in [3.63, 3.8) is 0 Å². The average molecular weight is 349 g/mol. The van der Waals surface area contributed by atoms with Gasteiger partial charge in [-0.3, -0.25) is 4.79 Å². The van der Waals surface area contributed by atoms with Crippen molar-refractivity contribution in [1.29, 1.82) is 0 Å². The van der Waals surface area contributed by atoms with Gasteiger partial charge in [-0.05, 0) is 66.2 Å². The highest BCUT2D eigenvalue weighted by molar-refractivity contribution is 9.10. The zero-order valence-corrected chi connectivity index (χ0v) is 13.5. The highest BCUT2D eigenvalue weighted by Crippen LogP contribution is 2.25. The Morgan fingerprint density at radius 3 is 2.67 bits per heavy atom. The molecule has 0 saturated carbocycles. The number of carbonyl (C=O) groups is 1. The second-order valence-electron chi connectivity index (χ2n) is 4.89. The molecule has 0 fully saturated rings. The fourth-order valence-electron chi connectivity index (χ4n) is 1.81. The van der Waals surface area contributed by atoms with E-state index >= 15 is 0 Å². The Morgan fingerprint density at radius 1 is 1.24 bits per heavy atom. The Hall–Kier alpha value is -2.01. The first kappa shape index (κ1) is 15.4. The van der Waals surface area contributed by atoms with Crippen molar-refractivity contribution in [2.75, 3.05) is 11.1 Å². The summed E-state index contributed by atoms with van der Waals surface area (Å²) in [5, 5.41) is 2.84. The van der Waals surface area contributed by atoms with Crippen molar-refractivity contribution < 1.29 is 9.53 Å². The summed E-state index contributed by atoms with van der Waals surface area (Å²) in [5.41, 5.74) is 7.52. The molecule has 0 heterocycles. The SMILES string of the molecule is CC(C)Oc1cccc(C(=O)Nc2ccc(N)cc2Br)c1. The van der Waals surface area contributed by atoms with Gasteiger partial charge in [0, 0.05) is 15.7 Å². The highest BCUT2D eigenvalue weighted by Gasteiger charge is 2.10. The van der Waals surface area contributed by atoms with Gasteiger partial charge in [0.1, 0.15) is 5.75 Å². The molecule has 2 aromatic carbocycles. The number of hydrogen-bond acceptors (Lipinski definition) is 3. The first-order chi connectivity index (χ1) is 9.95. The minimum atomic E-state index is -0.199. The number of carbonyl (C=O) groups excluding carboxylic acids is 1. The van der Waals surface area contributed by atoms with Crippen molar-refractivity contribution >= 4 is 33.2 Å². The van der Waals surface area contributed by atoms with E-state index in [2.05, 4.69) is 21.2 Å². The molecule has 1 amide bonds. The number of nitrogens with one attached hydrogen (secondary N) is 1. The minimum Gasteiger partial charge on any atom is -0.491 e. The van der Waals surface area contributed by atoms with Gasteiger partial charge in [-0.2, -0.15) is 0 Å². The second kappa shape index (κ2) is 6.63. The molecule has 0 bridgehead atoms. The van der Waals surface area contributed by atoms with Gasteiger partial charge in [0.25, 0.3) is 5.91 Å². The Morgan fingerprint density at radius 2 is 2.00 bits per heavy atom. The molecular formula is C16H17BrN2O2. The predicted molar refractivity (Wildman–Crippen MR) is 88.7 cm³/mol. The van der Waals surface area contributed by atoms with E-state index in [1.54, 1.807) is 36.4 Å². The molecule has 0 radical (unpaired) electrons. The zero-order chi connectivity index (χ0) is 15.4. The van der Waals surface area contributed by atoms with E-state index in [-0.39, 0.29) is 12.0 Å². The van der Waals surface area contributed by atoms with Gasteiger partial charge in [-0.1, -0.05) is 6.07 Å². The Kier molecular flexibility index (Phi) is 4.85. The van der Waals surface area contributed by atoms with Crippen molar-refractivity contribution in [2.24, 2.45) is 0 Å². The van der Waals surface area contributed by atoms with Gasteiger partial charge in [-0.25, -0.2) is 0 Å². The summed E-state index contributed by atoms with van der Waals surface area (Å²) in [6.45, 7) is 3.89. The first-order valence-corrected chi connectivity index (χ1v) is 7.38. The van der Waals surface area contributed by atoms with Gasteiger partial charge in [0.15, 0.2) is 0 Å². The lowest BCUT2D eigenvalue weighted by atomic mass is 10.2. The molecular weight excluding hydrogens is 332 g/mol. The lowest BCUT2D eigenvalue weighted by Crippen LogP contribution is -2.13. The summed E-state index contributed by atoms with van der Waals surface area (Å²) in [5.74, 6) is 0.476. The van der Waals surface area contributed by atoms with Gasteiger partial charge >= 0.3 is 0 Å². The van der Waals surface area contributed by atoms with Crippen LogP contribution in [0.15, 0.2) is 46.9 Å². The fourth-order valence-corrected chi connectivity index (χ4v) is 2.31. The van der Waals surface area contributed by atoms with Gasteiger partial charge in [0.05, 0.1) is 11.8 Å². The molecule has 21 heavy (non-hydrogen) atoms. The van der Waals surface area contributed by atoms with Crippen LogP contribution in [0.2, 0.25) is 0 Å². The third kappa shape index (κ3) is 4.23. The van der Waals surface area contributed by atoms with Crippen LogP contribution in [0.1, 0.15) is 24.2 Å². The standard InChI is InChI=1S/C16H17BrN2O2/c1-10(2)21-13-5-3-4-11(8-13)16(20)19-15-7-6-12(18)9-14(15)17/h3-10H,18H2,1-2H3,(H,19,20). The molecule has 0 saturated heterocycles. The van der Waals surface area contributed by atoms with Crippen LogP contribution in [0.4, 0.5) is 11.4 Å². The van der Waals surface area contributed by atoms with Crippen LogP contribution < -0.4 is 15.8 Å². The van der Waals surface area contributed by atoms with Crippen LogP contribution in [0.5, 0.6) is 5.75 Å². The summed E-state index contributed by atoms with van der Waals surface area (Å²) in [6, 6.07) is 12.3. The average Bonchev–Trinajstić information content (AvgIpc) is 2.41. The van der Waals surface area contributed by atoms with E-state index in [1.165, 1.54) is 0 Å². The van der Waals surface area contributed by atoms with E-state index in [9.17, 15) is 4.79 Å².